The van der Waals surface area contributed by atoms with Gasteiger partial charge in [0.05, 0.1) is 21.0 Å². The number of para-hydroxylation sites is 1. The van der Waals surface area contributed by atoms with Crippen LogP contribution in [-0.4, -0.2) is 29.1 Å². The van der Waals surface area contributed by atoms with Gasteiger partial charge in [0, 0.05) is 12.2 Å². The van der Waals surface area contributed by atoms with Crippen molar-refractivity contribution in [1.29, 1.82) is 0 Å². The zero-order valence-corrected chi connectivity index (χ0v) is 18.2. The maximum Gasteiger partial charge on any atom is 0.262 e. The number of hydrogen-bond acceptors (Lipinski definition) is 6. The number of fused-ring (bicyclic) bond motifs is 1. The maximum absolute atomic E-state index is 12.8. The Bertz CT molecular complexity index is 1240. The van der Waals surface area contributed by atoms with E-state index < -0.39 is 15.3 Å². The summed E-state index contributed by atoms with van der Waals surface area (Å²) in [5.41, 5.74) is 0.897. The van der Waals surface area contributed by atoms with Gasteiger partial charge in [0.2, 0.25) is 15.9 Å². The summed E-state index contributed by atoms with van der Waals surface area (Å²) >= 11 is 1.23. The highest BCUT2D eigenvalue weighted by molar-refractivity contribution is 8.00. The maximum atomic E-state index is 12.8. The second-order valence-corrected chi connectivity index (χ2v) is 9.27. The molecule has 0 spiro atoms. The predicted molar refractivity (Wildman–Crippen MR) is 118 cm³/mol. The van der Waals surface area contributed by atoms with E-state index >= 15 is 0 Å². The number of benzene rings is 2. The van der Waals surface area contributed by atoms with Crippen LogP contribution in [0.25, 0.3) is 10.9 Å². The van der Waals surface area contributed by atoms with Crippen LogP contribution in [0.2, 0.25) is 0 Å². The average Bonchev–Trinajstić information content (AvgIpc) is 2.72. The predicted octanol–water partition coefficient (Wildman–Crippen LogP) is 2.57. The molecule has 0 fully saturated rings. The highest BCUT2D eigenvalue weighted by atomic mass is 32.2. The Morgan fingerprint density at radius 2 is 1.83 bits per heavy atom. The Morgan fingerprint density at radius 1 is 1.17 bits per heavy atom. The van der Waals surface area contributed by atoms with E-state index in [1.54, 1.807) is 22.8 Å². The lowest BCUT2D eigenvalue weighted by Crippen LogP contribution is -2.28. The third-order valence-corrected chi connectivity index (χ3v) is 6.79. The van der Waals surface area contributed by atoms with E-state index in [2.05, 4.69) is 10.3 Å². The average molecular weight is 447 g/mol. The molecule has 30 heavy (non-hydrogen) atoms. The van der Waals surface area contributed by atoms with Crippen LogP contribution in [-0.2, 0) is 21.4 Å². The molecular weight excluding hydrogens is 424 g/mol. The molecule has 1 heterocycles. The summed E-state index contributed by atoms with van der Waals surface area (Å²) in [6, 6.07) is 12.7. The van der Waals surface area contributed by atoms with Crippen LogP contribution >= 0.6 is 11.8 Å². The Balaban J connectivity index is 1.84. The fourth-order valence-corrected chi connectivity index (χ4v) is 4.51. The Kier molecular flexibility index (Phi) is 6.59. The number of thioether (sulfide) groups is 1. The fourth-order valence-electron chi connectivity index (χ4n) is 2.92. The van der Waals surface area contributed by atoms with Crippen molar-refractivity contribution in [2.24, 2.45) is 5.14 Å². The number of nitrogens with one attached hydrogen (secondary N) is 1. The van der Waals surface area contributed by atoms with Gasteiger partial charge < -0.3 is 5.32 Å². The Hall–Kier alpha value is -2.69. The molecule has 0 radical (unpaired) electrons. The minimum absolute atomic E-state index is 0.0331. The zero-order chi connectivity index (χ0) is 21.9. The number of nitrogens with two attached hydrogens (primary N) is 1. The lowest BCUT2D eigenvalue weighted by Gasteiger charge is -2.17. The number of carbonyl (C=O) groups is 1. The molecule has 3 aromatic rings. The SMILES string of the molecule is CCC(Sc1nc2ccccc2c(=O)n1CC)C(=O)Nc1ccc(S(N)(=O)=O)cc1. The van der Waals surface area contributed by atoms with Crippen molar-refractivity contribution >= 4 is 44.3 Å². The largest absolute Gasteiger partial charge is 0.325 e. The number of anilines is 1. The standard InChI is InChI=1S/C20H22N4O4S2/c1-3-17(18(25)22-13-9-11-14(12-10-13)30(21,27)28)29-20-23-16-8-6-5-7-15(16)19(26)24(20)4-2/h5-12,17H,3-4H2,1-2H3,(H,22,25)(H2,21,27,28). The fraction of sp³-hybridized carbons (Fsp3) is 0.250. The van der Waals surface area contributed by atoms with E-state index in [0.717, 1.165) is 0 Å². The summed E-state index contributed by atoms with van der Waals surface area (Å²) in [7, 11) is -3.80. The topological polar surface area (TPSA) is 124 Å². The van der Waals surface area contributed by atoms with Gasteiger partial charge in [-0.1, -0.05) is 30.8 Å². The second kappa shape index (κ2) is 8.99. The molecule has 3 rings (SSSR count). The minimum atomic E-state index is -3.80. The van der Waals surface area contributed by atoms with Crippen molar-refractivity contribution in [2.75, 3.05) is 5.32 Å². The van der Waals surface area contributed by atoms with Gasteiger partial charge in [-0.3, -0.25) is 14.2 Å². The van der Waals surface area contributed by atoms with Gasteiger partial charge in [-0.05, 0) is 49.7 Å². The van der Waals surface area contributed by atoms with E-state index in [1.807, 2.05) is 19.9 Å². The number of hydrogen-bond donors (Lipinski definition) is 2. The molecule has 0 aliphatic rings. The summed E-state index contributed by atoms with van der Waals surface area (Å²) in [5, 5.41) is 8.39. The lowest BCUT2D eigenvalue weighted by atomic mass is 10.2. The van der Waals surface area contributed by atoms with Gasteiger partial charge in [0.15, 0.2) is 5.16 Å². The molecule has 0 bridgehead atoms. The van der Waals surface area contributed by atoms with Crippen molar-refractivity contribution in [1.82, 2.24) is 9.55 Å². The molecule has 8 nitrogen and oxygen atoms in total. The third kappa shape index (κ3) is 4.72. The molecule has 158 valence electrons. The van der Waals surface area contributed by atoms with Crippen LogP contribution in [0.4, 0.5) is 5.69 Å². The highest BCUT2D eigenvalue weighted by Crippen LogP contribution is 2.26. The van der Waals surface area contributed by atoms with Gasteiger partial charge >= 0.3 is 0 Å². The van der Waals surface area contributed by atoms with Gasteiger partial charge in [-0.15, -0.1) is 0 Å². The number of primary sulfonamides is 1. The van der Waals surface area contributed by atoms with Crippen LogP contribution in [0.5, 0.6) is 0 Å². The molecule has 0 aliphatic heterocycles. The quantitative estimate of drug-likeness (QED) is 0.425. The van der Waals surface area contributed by atoms with Crippen LogP contribution in [0.3, 0.4) is 0 Å². The molecular formula is C20H22N4O4S2. The summed E-state index contributed by atoms with van der Waals surface area (Å²) in [4.78, 5) is 30.1. The number of rotatable bonds is 7. The van der Waals surface area contributed by atoms with Crippen LogP contribution in [0.1, 0.15) is 20.3 Å². The lowest BCUT2D eigenvalue weighted by molar-refractivity contribution is -0.115. The highest BCUT2D eigenvalue weighted by Gasteiger charge is 2.22. The first-order chi connectivity index (χ1) is 14.2. The molecule has 2 aromatic carbocycles. The van der Waals surface area contributed by atoms with Gasteiger partial charge in [0.25, 0.3) is 5.56 Å². The van der Waals surface area contributed by atoms with Crippen molar-refractivity contribution in [3.63, 3.8) is 0 Å². The molecule has 1 unspecified atom stereocenters. The second-order valence-electron chi connectivity index (χ2n) is 6.53. The van der Waals surface area contributed by atoms with Gasteiger partial charge in [-0.25, -0.2) is 18.5 Å². The Labute approximate surface area is 178 Å². The van der Waals surface area contributed by atoms with Crippen molar-refractivity contribution in [2.45, 2.75) is 42.1 Å². The van der Waals surface area contributed by atoms with Crippen LogP contribution in [0.15, 0.2) is 63.4 Å². The Morgan fingerprint density at radius 3 is 2.43 bits per heavy atom. The molecule has 10 heteroatoms. The molecule has 1 amide bonds. The van der Waals surface area contributed by atoms with E-state index in [9.17, 15) is 18.0 Å². The number of carbonyl (C=O) groups excluding carboxylic acids is 1. The zero-order valence-electron chi connectivity index (χ0n) is 16.5. The van der Waals surface area contributed by atoms with Crippen molar-refractivity contribution < 1.29 is 13.2 Å². The number of amides is 1. The summed E-state index contributed by atoms with van der Waals surface area (Å²) in [5.74, 6) is -0.268. The molecule has 0 aliphatic carbocycles. The van der Waals surface area contributed by atoms with Crippen LogP contribution < -0.4 is 16.0 Å². The normalized spacial score (nSPS) is 12.6. The first kappa shape index (κ1) is 22.0. The molecule has 1 atom stereocenters. The van der Waals surface area contributed by atoms with E-state index in [1.165, 1.54) is 36.0 Å². The van der Waals surface area contributed by atoms with Crippen molar-refractivity contribution in [3.05, 3.63) is 58.9 Å². The number of aromatic nitrogens is 2. The molecule has 0 saturated carbocycles. The smallest absolute Gasteiger partial charge is 0.262 e. The first-order valence-electron chi connectivity index (χ1n) is 9.34. The van der Waals surface area contributed by atoms with Crippen molar-refractivity contribution in [3.8, 4) is 0 Å². The van der Waals surface area contributed by atoms with E-state index in [0.29, 0.717) is 34.7 Å². The van der Waals surface area contributed by atoms with E-state index in [4.69, 9.17) is 5.14 Å². The first-order valence-corrected chi connectivity index (χ1v) is 11.8. The summed E-state index contributed by atoms with van der Waals surface area (Å²) < 4.78 is 24.3. The molecule has 0 saturated heterocycles. The summed E-state index contributed by atoms with van der Waals surface area (Å²) in [6.07, 6.45) is 0.512. The van der Waals surface area contributed by atoms with E-state index in [-0.39, 0.29) is 16.4 Å². The molecule has 3 N–H and O–H groups in total. The van der Waals surface area contributed by atoms with Crippen LogP contribution in [0, 0.1) is 0 Å². The monoisotopic (exact) mass is 446 g/mol. The molecule has 1 aromatic heterocycles. The third-order valence-electron chi connectivity index (χ3n) is 4.50. The number of sulfonamides is 1. The van der Waals surface area contributed by atoms with Gasteiger partial charge in [-0.2, -0.15) is 0 Å². The summed E-state index contributed by atoms with van der Waals surface area (Å²) in [6.45, 7) is 4.17. The minimum Gasteiger partial charge on any atom is -0.325 e. The number of nitrogens with zero attached hydrogens (tertiary/aromatic N) is 2. The van der Waals surface area contributed by atoms with Gasteiger partial charge in [0.1, 0.15) is 0 Å².